The first-order chi connectivity index (χ1) is 6.28. The number of carbonyl (C=O) groups excluding carboxylic acids is 1. The largest absolute Gasteiger partial charge is 0.308 e. The fourth-order valence-electron chi connectivity index (χ4n) is 1.70. The van der Waals surface area contributed by atoms with Crippen molar-refractivity contribution < 1.29 is 4.79 Å². The summed E-state index contributed by atoms with van der Waals surface area (Å²) in [5.41, 5.74) is 0.313. The molecular formula is C9H12N2OS. The Kier molecular flexibility index (Phi) is 2.17. The van der Waals surface area contributed by atoms with E-state index in [1.807, 2.05) is 12.4 Å². The molecule has 1 N–H and O–H groups in total. The van der Waals surface area contributed by atoms with Gasteiger partial charge in [-0.15, -0.1) is 0 Å². The highest BCUT2D eigenvalue weighted by Gasteiger charge is 2.43. The van der Waals surface area contributed by atoms with Gasteiger partial charge in [-0.2, -0.15) is 4.37 Å². The third-order valence-corrected chi connectivity index (χ3v) is 3.35. The van der Waals surface area contributed by atoms with Gasteiger partial charge in [-0.1, -0.05) is 0 Å². The van der Waals surface area contributed by atoms with E-state index in [-0.39, 0.29) is 11.3 Å². The fraction of sp³-hybridized carbons (Fsp3) is 0.556. The summed E-state index contributed by atoms with van der Waals surface area (Å²) in [5, 5.41) is 4.96. The van der Waals surface area contributed by atoms with Crippen molar-refractivity contribution in [2.45, 2.75) is 24.8 Å². The zero-order valence-corrected chi connectivity index (χ0v) is 8.36. The smallest absolute Gasteiger partial charge is 0.202 e. The molecule has 2 rings (SSSR count). The molecule has 1 aromatic heterocycles. The summed E-state index contributed by atoms with van der Waals surface area (Å²) in [6, 6.07) is 1.80. The molecule has 0 spiro atoms. The lowest BCUT2D eigenvalue weighted by molar-refractivity contribution is 0.0741. The van der Waals surface area contributed by atoms with E-state index in [1.54, 1.807) is 6.07 Å². The van der Waals surface area contributed by atoms with Crippen LogP contribution in [0.15, 0.2) is 11.4 Å². The molecule has 1 aliphatic carbocycles. The van der Waals surface area contributed by atoms with Crippen molar-refractivity contribution in [2.75, 3.05) is 7.05 Å². The van der Waals surface area contributed by atoms with E-state index in [2.05, 4.69) is 9.69 Å². The van der Waals surface area contributed by atoms with Crippen molar-refractivity contribution in [3.05, 3.63) is 17.1 Å². The second-order valence-corrected chi connectivity index (χ2v) is 4.07. The van der Waals surface area contributed by atoms with E-state index >= 15 is 0 Å². The standard InChI is InChI=1S/C9H12N2OS/c1-10-9(4-2-5-9)8(12)7-3-6-13-11-7/h3,6,10H,2,4-5H2,1H3. The fourth-order valence-corrected chi connectivity index (χ4v) is 2.20. The van der Waals surface area contributed by atoms with Crippen LogP contribution in [0.2, 0.25) is 0 Å². The van der Waals surface area contributed by atoms with Crippen LogP contribution in [0.25, 0.3) is 0 Å². The monoisotopic (exact) mass is 196 g/mol. The summed E-state index contributed by atoms with van der Waals surface area (Å²) in [6.45, 7) is 0. The normalized spacial score (nSPS) is 19.5. The summed E-state index contributed by atoms with van der Waals surface area (Å²) in [4.78, 5) is 11.9. The van der Waals surface area contributed by atoms with Crippen molar-refractivity contribution in [1.29, 1.82) is 0 Å². The molecule has 1 aliphatic rings. The molecule has 0 atom stereocenters. The highest BCUT2D eigenvalue weighted by atomic mass is 32.1. The zero-order chi connectivity index (χ0) is 9.31. The lowest BCUT2D eigenvalue weighted by Gasteiger charge is -2.39. The van der Waals surface area contributed by atoms with Gasteiger partial charge in [0.25, 0.3) is 0 Å². The number of Topliss-reactive ketones (excluding diaryl/α,β-unsaturated/α-hetero) is 1. The third kappa shape index (κ3) is 1.30. The van der Waals surface area contributed by atoms with Crippen LogP contribution in [0.1, 0.15) is 29.8 Å². The maximum absolute atomic E-state index is 11.9. The minimum Gasteiger partial charge on any atom is -0.308 e. The lowest BCUT2D eigenvalue weighted by atomic mass is 9.73. The van der Waals surface area contributed by atoms with E-state index in [0.29, 0.717) is 5.69 Å². The Hall–Kier alpha value is -0.740. The van der Waals surface area contributed by atoms with Gasteiger partial charge < -0.3 is 5.32 Å². The second-order valence-electron chi connectivity index (χ2n) is 3.40. The third-order valence-electron chi connectivity index (χ3n) is 2.79. The van der Waals surface area contributed by atoms with Gasteiger partial charge in [-0.3, -0.25) is 4.79 Å². The molecule has 1 fully saturated rings. The second kappa shape index (κ2) is 3.20. The van der Waals surface area contributed by atoms with Gasteiger partial charge >= 0.3 is 0 Å². The number of nitrogens with zero attached hydrogens (tertiary/aromatic N) is 1. The number of carbonyl (C=O) groups is 1. The first-order valence-electron chi connectivity index (χ1n) is 4.43. The quantitative estimate of drug-likeness (QED) is 0.744. The Balaban J connectivity index is 2.21. The summed E-state index contributed by atoms with van der Waals surface area (Å²) in [6.07, 6.45) is 3.02. The Morgan fingerprint density at radius 2 is 2.46 bits per heavy atom. The minimum absolute atomic E-state index is 0.155. The Morgan fingerprint density at radius 3 is 2.85 bits per heavy atom. The van der Waals surface area contributed by atoms with E-state index < -0.39 is 0 Å². The number of aromatic nitrogens is 1. The van der Waals surface area contributed by atoms with E-state index in [4.69, 9.17) is 0 Å². The maximum atomic E-state index is 11.9. The number of likely N-dealkylation sites (N-methyl/N-ethyl adjacent to an activating group) is 1. The van der Waals surface area contributed by atoms with Crippen molar-refractivity contribution in [3.8, 4) is 0 Å². The summed E-state index contributed by atoms with van der Waals surface area (Å²) >= 11 is 1.33. The molecule has 4 heteroatoms. The highest BCUT2D eigenvalue weighted by Crippen LogP contribution is 2.34. The first-order valence-corrected chi connectivity index (χ1v) is 5.26. The van der Waals surface area contributed by atoms with Gasteiger partial charge in [0.15, 0.2) is 0 Å². The minimum atomic E-state index is -0.298. The molecule has 0 bridgehead atoms. The van der Waals surface area contributed by atoms with Gasteiger partial charge in [-0.05, 0) is 43.9 Å². The number of rotatable bonds is 3. The maximum Gasteiger partial charge on any atom is 0.202 e. The lowest BCUT2D eigenvalue weighted by Crippen LogP contribution is -2.55. The molecule has 0 radical (unpaired) electrons. The Bertz CT molecular complexity index is 298. The average Bonchev–Trinajstić information content (AvgIpc) is 2.54. The number of ketones is 1. The van der Waals surface area contributed by atoms with E-state index in [0.717, 1.165) is 19.3 Å². The number of hydrogen-bond acceptors (Lipinski definition) is 4. The molecule has 1 saturated carbocycles. The summed E-state index contributed by atoms with van der Waals surface area (Å²) in [7, 11) is 1.85. The van der Waals surface area contributed by atoms with E-state index in [1.165, 1.54) is 11.5 Å². The molecule has 0 amide bonds. The molecule has 1 aromatic rings. The van der Waals surface area contributed by atoms with E-state index in [9.17, 15) is 4.79 Å². The number of nitrogens with one attached hydrogen (secondary N) is 1. The van der Waals surface area contributed by atoms with Gasteiger partial charge in [0.2, 0.25) is 5.78 Å². The molecule has 0 unspecified atom stereocenters. The molecule has 70 valence electrons. The topological polar surface area (TPSA) is 42.0 Å². The molecule has 0 aliphatic heterocycles. The molecule has 0 saturated heterocycles. The van der Waals surface area contributed by atoms with Crippen molar-refractivity contribution in [2.24, 2.45) is 0 Å². The van der Waals surface area contributed by atoms with Crippen LogP contribution in [-0.4, -0.2) is 22.7 Å². The zero-order valence-electron chi connectivity index (χ0n) is 7.54. The highest BCUT2D eigenvalue weighted by molar-refractivity contribution is 7.03. The van der Waals surface area contributed by atoms with Gasteiger partial charge in [-0.25, -0.2) is 0 Å². The Labute approximate surface area is 81.3 Å². The molecular weight excluding hydrogens is 184 g/mol. The van der Waals surface area contributed by atoms with Crippen molar-refractivity contribution in [1.82, 2.24) is 9.69 Å². The number of hydrogen-bond donors (Lipinski definition) is 1. The van der Waals surface area contributed by atoms with Gasteiger partial charge in [0.05, 0.1) is 5.54 Å². The SMILES string of the molecule is CNC1(C(=O)c2ccsn2)CCC1. The molecule has 1 heterocycles. The van der Waals surface area contributed by atoms with Crippen LogP contribution >= 0.6 is 11.5 Å². The van der Waals surface area contributed by atoms with Gasteiger partial charge in [0.1, 0.15) is 5.69 Å². The molecule has 0 aromatic carbocycles. The van der Waals surface area contributed by atoms with Crippen LogP contribution in [0.3, 0.4) is 0 Å². The van der Waals surface area contributed by atoms with Crippen LogP contribution < -0.4 is 5.32 Å². The van der Waals surface area contributed by atoms with Crippen LogP contribution in [0.5, 0.6) is 0 Å². The summed E-state index contributed by atoms with van der Waals surface area (Å²) in [5.74, 6) is 0.155. The summed E-state index contributed by atoms with van der Waals surface area (Å²) < 4.78 is 4.06. The first kappa shape index (κ1) is 8.84. The van der Waals surface area contributed by atoms with Crippen LogP contribution in [-0.2, 0) is 0 Å². The van der Waals surface area contributed by atoms with Crippen LogP contribution in [0, 0.1) is 0 Å². The predicted molar refractivity (Wildman–Crippen MR) is 52.1 cm³/mol. The van der Waals surface area contributed by atoms with Crippen molar-refractivity contribution >= 4 is 17.3 Å². The average molecular weight is 196 g/mol. The molecule has 3 nitrogen and oxygen atoms in total. The Morgan fingerprint density at radius 1 is 1.69 bits per heavy atom. The molecule has 13 heavy (non-hydrogen) atoms. The van der Waals surface area contributed by atoms with Crippen molar-refractivity contribution in [3.63, 3.8) is 0 Å². The predicted octanol–water partition coefficient (Wildman–Crippen LogP) is 1.47. The van der Waals surface area contributed by atoms with Gasteiger partial charge in [0, 0.05) is 5.38 Å². The van der Waals surface area contributed by atoms with Crippen LogP contribution in [0.4, 0.5) is 0 Å².